The van der Waals surface area contributed by atoms with Gasteiger partial charge in [0.25, 0.3) is 0 Å². The third kappa shape index (κ3) is 5.83. The first kappa shape index (κ1) is 13.9. The van der Waals surface area contributed by atoms with Crippen molar-refractivity contribution in [1.29, 1.82) is 0 Å². The van der Waals surface area contributed by atoms with Gasteiger partial charge in [-0.2, -0.15) is 0 Å². The smallest absolute Gasteiger partial charge is 0.0700 e. The topological polar surface area (TPSA) is 30.5 Å². The molecule has 0 bridgehead atoms. The van der Waals surface area contributed by atoms with Gasteiger partial charge in [-0.15, -0.1) is 0 Å². The van der Waals surface area contributed by atoms with Crippen molar-refractivity contribution in [2.24, 2.45) is 5.92 Å². The second kappa shape index (κ2) is 8.97. The maximum absolute atomic E-state index is 5.51. The lowest BCUT2D eigenvalue weighted by Crippen LogP contribution is -2.29. The van der Waals surface area contributed by atoms with Crippen molar-refractivity contribution >= 4 is 0 Å². The van der Waals surface area contributed by atoms with Crippen molar-refractivity contribution in [2.75, 3.05) is 34.0 Å². The molecule has 0 aliphatic heterocycles. The van der Waals surface area contributed by atoms with E-state index in [2.05, 4.69) is 12.4 Å². The Morgan fingerprint density at radius 2 is 1.94 bits per heavy atom. The minimum Gasteiger partial charge on any atom is -0.382 e. The van der Waals surface area contributed by atoms with Crippen LogP contribution < -0.4 is 5.32 Å². The standard InChI is InChI=1S/C13H27NO2/c1-14-13(7-8-16-10-9-15-2)11-12-5-3-4-6-12/h12-14H,3-11H2,1-2H3. The highest BCUT2D eigenvalue weighted by molar-refractivity contribution is 4.74. The van der Waals surface area contributed by atoms with E-state index >= 15 is 0 Å². The van der Waals surface area contributed by atoms with E-state index in [1.165, 1.54) is 32.1 Å². The van der Waals surface area contributed by atoms with Gasteiger partial charge in [0.2, 0.25) is 0 Å². The first-order chi connectivity index (χ1) is 7.86. The first-order valence-electron chi connectivity index (χ1n) is 6.60. The molecule has 0 aromatic heterocycles. The number of methoxy groups -OCH3 is 1. The number of hydrogen-bond donors (Lipinski definition) is 1. The summed E-state index contributed by atoms with van der Waals surface area (Å²) in [6.45, 7) is 2.27. The summed E-state index contributed by atoms with van der Waals surface area (Å²) in [4.78, 5) is 0. The van der Waals surface area contributed by atoms with Gasteiger partial charge in [-0.05, 0) is 25.8 Å². The van der Waals surface area contributed by atoms with Crippen LogP contribution in [0.15, 0.2) is 0 Å². The maximum Gasteiger partial charge on any atom is 0.0700 e. The van der Waals surface area contributed by atoms with Crippen molar-refractivity contribution < 1.29 is 9.47 Å². The van der Waals surface area contributed by atoms with Crippen LogP contribution in [0.25, 0.3) is 0 Å². The Hall–Kier alpha value is -0.120. The van der Waals surface area contributed by atoms with E-state index in [-0.39, 0.29) is 0 Å². The molecule has 0 aromatic carbocycles. The summed E-state index contributed by atoms with van der Waals surface area (Å²) >= 11 is 0. The summed E-state index contributed by atoms with van der Waals surface area (Å²) < 4.78 is 10.4. The summed E-state index contributed by atoms with van der Waals surface area (Å²) in [5.74, 6) is 0.955. The fraction of sp³-hybridized carbons (Fsp3) is 1.00. The monoisotopic (exact) mass is 229 g/mol. The fourth-order valence-corrected chi connectivity index (χ4v) is 2.50. The van der Waals surface area contributed by atoms with Crippen molar-refractivity contribution in [3.8, 4) is 0 Å². The second-order valence-electron chi connectivity index (χ2n) is 4.77. The van der Waals surface area contributed by atoms with Crippen molar-refractivity contribution in [1.82, 2.24) is 5.32 Å². The molecule has 1 aliphatic rings. The summed E-state index contributed by atoms with van der Waals surface area (Å²) in [6.07, 6.45) is 8.18. The third-order valence-corrected chi connectivity index (χ3v) is 3.54. The molecule has 1 rings (SSSR count). The van der Waals surface area contributed by atoms with Crippen LogP contribution in [0.3, 0.4) is 0 Å². The molecular formula is C13H27NO2. The average molecular weight is 229 g/mol. The summed E-state index contributed by atoms with van der Waals surface area (Å²) in [6, 6.07) is 0.630. The summed E-state index contributed by atoms with van der Waals surface area (Å²) in [5, 5.41) is 3.41. The largest absolute Gasteiger partial charge is 0.382 e. The van der Waals surface area contributed by atoms with Gasteiger partial charge in [0.15, 0.2) is 0 Å². The molecule has 0 radical (unpaired) electrons. The van der Waals surface area contributed by atoms with Gasteiger partial charge in [0, 0.05) is 19.8 Å². The van der Waals surface area contributed by atoms with Crippen LogP contribution in [0.1, 0.15) is 38.5 Å². The van der Waals surface area contributed by atoms with Gasteiger partial charge in [-0.25, -0.2) is 0 Å². The molecule has 0 aromatic rings. The van der Waals surface area contributed by atoms with E-state index < -0.39 is 0 Å². The fourth-order valence-electron chi connectivity index (χ4n) is 2.50. The highest BCUT2D eigenvalue weighted by atomic mass is 16.5. The zero-order valence-corrected chi connectivity index (χ0v) is 10.8. The molecular weight excluding hydrogens is 202 g/mol. The molecule has 1 atom stereocenters. The van der Waals surface area contributed by atoms with Crippen molar-refractivity contribution in [2.45, 2.75) is 44.6 Å². The van der Waals surface area contributed by atoms with Crippen molar-refractivity contribution in [3.05, 3.63) is 0 Å². The molecule has 3 nitrogen and oxygen atoms in total. The van der Waals surface area contributed by atoms with E-state index in [1.54, 1.807) is 7.11 Å². The Balaban J connectivity index is 2.01. The zero-order chi connectivity index (χ0) is 11.6. The van der Waals surface area contributed by atoms with Crippen LogP contribution in [0.4, 0.5) is 0 Å². The molecule has 3 heteroatoms. The second-order valence-corrected chi connectivity index (χ2v) is 4.77. The van der Waals surface area contributed by atoms with Crippen LogP contribution in [-0.4, -0.2) is 40.0 Å². The molecule has 1 unspecified atom stereocenters. The lowest BCUT2D eigenvalue weighted by molar-refractivity contribution is 0.0650. The van der Waals surface area contributed by atoms with Crippen molar-refractivity contribution in [3.63, 3.8) is 0 Å². The molecule has 1 N–H and O–H groups in total. The predicted molar refractivity (Wildman–Crippen MR) is 66.7 cm³/mol. The summed E-state index contributed by atoms with van der Waals surface area (Å²) in [5.41, 5.74) is 0. The first-order valence-corrected chi connectivity index (χ1v) is 6.60. The quantitative estimate of drug-likeness (QED) is 0.615. The van der Waals surface area contributed by atoms with E-state index in [1.807, 2.05) is 0 Å². The van der Waals surface area contributed by atoms with Crippen LogP contribution >= 0.6 is 0 Å². The molecule has 0 spiro atoms. The Kier molecular flexibility index (Phi) is 7.81. The predicted octanol–water partition coefficient (Wildman–Crippen LogP) is 2.21. The Morgan fingerprint density at radius 1 is 1.19 bits per heavy atom. The van der Waals surface area contributed by atoms with E-state index in [9.17, 15) is 0 Å². The zero-order valence-electron chi connectivity index (χ0n) is 10.8. The molecule has 1 fully saturated rings. The number of ether oxygens (including phenoxy) is 2. The molecule has 1 saturated carbocycles. The Labute approximate surface area is 99.9 Å². The van der Waals surface area contributed by atoms with Gasteiger partial charge >= 0.3 is 0 Å². The van der Waals surface area contributed by atoms with Crippen LogP contribution in [0.5, 0.6) is 0 Å². The van der Waals surface area contributed by atoms with Gasteiger partial charge in [0.05, 0.1) is 13.2 Å². The minimum absolute atomic E-state index is 0.630. The SMILES string of the molecule is CNC(CCOCCOC)CC1CCCC1. The highest BCUT2D eigenvalue weighted by Gasteiger charge is 2.18. The highest BCUT2D eigenvalue weighted by Crippen LogP contribution is 2.29. The molecule has 0 amide bonds. The maximum atomic E-state index is 5.51. The van der Waals surface area contributed by atoms with Gasteiger partial charge < -0.3 is 14.8 Å². The van der Waals surface area contributed by atoms with Crippen LogP contribution in [0.2, 0.25) is 0 Å². The number of nitrogens with one attached hydrogen (secondary N) is 1. The minimum atomic E-state index is 0.630. The van der Waals surface area contributed by atoms with Crippen LogP contribution in [0, 0.1) is 5.92 Å². The lowest BCUT2D eigenvalue weighted by Gasteiger charge is -2.19. The Morgan fingerprint density at radius 3 is 2.56 bits per heavy atom. The number of rotatable bonds is 9. The summed E-state index contributed by atoms with van der Waals surface area (Å²) in [7, 11) is 3.77. The van der Waals surface area contributed by atoms with Gasteiger partial charge in [-0.1, -0.05) is 25.7 Å². The third-order valence-electron chi connectivity index (χ3n) is 3.54. The van der Waals surface area contributed by atoms with Gasteiger partial charge in [0.1, 0.15) is 0 Å². The number of hydrogen-bond acceptors (Lipinski definition) is 3. The molecule has 96 valence electrons. The molecule has 0 saturated heterocycles. The van der Waals surface area contributed by atoms with E-state index in [0.29, 0.717) is 12.6 Å². The Bertz CT molecular complexity index is 158. The van der Waals surface area contributed by atoms with E-state index in [4.69, 9.17) is 9.47 Å². The molecule has 1 aliphatic carbocycles. The molecule has 16 heavy (non-hydrogen) atoms. The van der Waals surface area contributed by atoms with Gasteiger partial charge in [-0.3, -0.25) is 0 Å². The van der Waals surface area contributed by atoms with E-state index in [0.717, 1.165) is 25.6 Å². The lowest BCUT2D eigenvalue weighted by atomic mass is 9.97. The van der Waals surface area contributed by atoms with Crippen LogP contribution in [-0.2, 0) is 9.47 Å². The molecule has 0 heterocycles. The normalized spacial score (nSPS) is 19.1. The average Bonchev–Trinajstić information content (AvgIpc) is 2.80.